The summed E-state index contributed by atoms with van der Waals surface area (Å²) in [5.74, 6) is 0.741. The van der Waals surface area contributed by atoms with Gasteiger partial charge in [0.15, 0.2) is 0 Å². The molecule has 0 bridgehead atoms. The van der Waals surface area contributed by atoms with Crippen molar-refractivity contribution >= 4 is 21.0 Å². The number of nitrogens with zero attached hydrogens (tertiary/aromatic N) is 1. The minimum Gasteiger partial charge on any atom is -0.508 e. The van der Waals surface area contributed by atoms with Gasteiger partial charge < -0.3 is 10.0 Å². The Kier molecular flexibility index (Phi) is 11.7. The van der Waals surface area contributed by atoms with Crippen LogP contribution in [0.1, 0.15) is 115 Å². The van der Waals surface area contributed by atoms with Gasteiger partial charge in [0.05, 0.1) is 11.5 Å². The first-order chi connectivity index (χ1) is 20.0. The van der Waals surface area contributed by atoms with Crippen LogP contribution in [-0.4, -0.2) is 49.1 Å². The summed E-state index contributed by atoms with van der Waals surface area (Å²) < 4.78 is 39.1. The predicted molar refractivity (Wildman–Crippen MR) is 174 cm³/mol. The summed E-state index contributed by atoms with van der Waals surface area (Å²) in [7, 11) is -2.96. The predicted octanol–water partition coefficient (Wildman–Crippen LogP) is 8.82. The van der Waals surface area contributed by atoms with E-state index in [2.05, 4.69) is 25.7 Å². The zero-order chi connectivity index (χ0) is 30.2. The molecule has 1 aliphatic heterocycles. The van der Waals surface area contributed by atoms with E-state index in [0.29, 0.717) is 23.3 Å². The van der Waals surface area contributed by atoms with Gasteiger partial charge in [-0.1, -0.05) is 51.8 Å². The number of allylic oxidation sites excluding steroid dienone is 2. The fourth-order valence-corrected chi connectivity index (χ4v) is 8.45. The molecule has 0 amide bonds. The summed E-state index contributed by atoms with van der Waals surface area (Å²) >= 11 is 0. The Morgan fingerprint density at radius 1 is 0.952 bits per heavy atom. The van der Waals surface area contributed by atoms with E-state index in [1.807, 2.05) is 18.2 Å². The van der Waals surface area contributed by atoms with Gasteiger partial charge in [-0.25, -0.2) is 12.8 Å². The Balaban J connectivity index is 1.26. The molecule has 4 nitrogen and oxygen atoms in total. The molecule has 1 N–H and O–H groups in total. The molecular formula is C36H52FNO3S. The first-order valence-electron chi connectivity index (χ1n) is 16.3. The zero-order valence-corrected chi connectivity index (χ0v) is 27.0. The fourth-order valence-electron chi connectivity index (χ4n) is 6.72. The number of benzene rings is 2. The molecule has 1 heterocycles. The standard InChI is InChI=1S/C36H52FNO3S/c1-36(2,3)21-25-42(40,41)24-11-16-31-15-10-23-38(31)22-7-5-4-6-17-35-33(28-12-8-14-30(37)26-28)18-9-13-29-27-32(39)19-20-34(29)35/h8,12,14,19-20,26-27,31,39H,4-7,9-11,13,15-18,21-25H2,1-3H3/t31-/m0/s1. The second kappa shape index (κ2) is 15.0. The number of phenolic OH excluding ortho intramolecular Hbond substituents is 1. The van der Waals surface area contributed by atoms with Crippen molar-refractivity contribution in [2.24, 2.45) is 5.41 Å². The third-order valence-electron chi connectivity index (χ3n) is 9.10. The Bertz CT molecular complexity index is 1310. The fraction of sp³-hybridized carbons (Fsp3) is 0.611. The lowest BCUT2D eigenvalue weighted by Gasteiger charge is -2.24. The lowest BCUT2D eigenvalue weighted by atomic mass is 9.89. The Labute approximate surface area is 254 Å². The zero-order valence-electron chi connectivity index (χ0n) is 26.1. The van der Waals surface area contributed by atoms with E-state index >= 15 is 0 Å². The van der Waals surface area contributed by atoms with Crippen LogP contribution < -0.4 is 0 Å². The summed E-state index contributed by atoms with van der Waals surface area (Å²) in [5, 5.41) is 10.1. The van der Waals surface area contributed by atoms with Crippen molar-refractivity contribution in [1.82, 2.24) is 4.90 Å². The molecule has 1 aliphatic carbocycles. The number of hydrogen-bond donors (Lipinski definition) is 1. The quantitative estimate of drug-likeness (QED) is 0.221. The molecule has 42 heavy (non-hydrogen) atoms. The molecule has 2 aromatic carbocycles. The number of aromatic hydroxyl groups is 1. The molecule has 0 saturated carbocycles. The van der Waals surface area contributed by atoms with Crippen LogP contribution in [0.15, 0.2) is 42.5 Å². The number of rotatable bonds is 14. The van der Waals surface area contributed by atoms with Gasteiger partial charge in [-0.15, -0.1) is 0 Å². The van der Waals surface area contributed by atoms with E-state index in [1.54, 1.807) is 18.2 Å². The first-order valence-corrected chi connectivity index (χ1v) is 18.1. The average molecular weight is 598 g/mol. The van der Waals surface area contributed by atoms with E-state index < -0.39 is 9.84 Å². The highest BCUT2D eigenvalue weighted by Crippen LogP contribution is 2.40. The Morgan fingerprint density at radius 2 is 1.76 bits per heavy atom. The molecule has 2 aromatic rings. The molecule has 1 atom stereocenters. The maximum absolute atomic E-state index is 14.2. The average Bonchev–Trinajstić information content (AvgIpc) is 3.29. The van der Waals surface area contributed by atoms with Crippen LogP contribution >= 0.6 is 0 Å². The number of sulfone groups is 1. The van der Waals surface area contributed by atoms with E-state index in [1.165, 1.54) is 54.0 Å². The normalized spacial score (nSPS) is 18.3. The smallest absolute Gasteiger partial charge is 0.150 e. The molecular weight excluding hydrogens is 545 g/mol. The maximum atomic E-state index is 14.2. The molecule has 4 rings (SSSR count). The van der Waals surface area contributed by atoms with Gasteiger partial charge in [0.25, 0.3) is 0 Å². The molecule has 6 heteroatoms. The molecule has 1 fully saturated rings. The van der Waals surface area contributed by atoms with Gasteiger partial charge in [-0.2, -0.15) is 0 Å². The van der Waals surface area contributed by atoms with Crippen LogP contribution in [0.5, 0.6) is 5.75 Å². The number of halogens is 1. The van der Waals surface area contributed by atoms with Crippen LogP contribution in [0.4, 0.5) is 4.39 Å². The van der Waals surface area contributed by atoms with Crippen LogP contribution in [0.25, 0.3) is 11.1 Å². The van der Waals surface area contributed by atoms with Crippen molar-refractivity contribution in [3.63, 3.8) is 0 Å². The minimum atomic E-state index is -2.96. The second-order valence-corrected chi connectivity index (χ2v) is 16.1. The van der Waals surface area contributed by atoms with Crippen molar-refractivity contribution in [3.05, 3.63) is 65.0 Å². The number of aryl methyl sites for hydroxylation is 1. The van der Waals surface area contributed by atoms with Crippen LogP contribution in [0.3, 0.4) is 0 Å². The van der Waals surface area contributed by atoms with Crippen LogP contribution in [0, 0.1) is 11.2 Å². The molecule has 232 valence electrons. The third-order valence-corrected chi connectivity index (χ3v) is 10.8. The largest absolute Gasteiger partial charge is 0.508 e. The van der Waals surface area contributed by atoms with Gasteiger partial charge in [-0.3, -0.25) is 0 Å². The summed E-state index contributed by atoms with van der Waals surface area (Å²) in [6.45, 7) is 8.53. The molecule has 2 aliphatic rings. The Hall–Kier alpha value is -2.18. The number of fused-ring (bicyclic) bond motifs is 1. The number of unbranched alkanes of at least 4 members (excludes halogenated alkanes) is 3. The monoisotopic (exact) mass is 597 g/mol. The number of likely N-dealkylation sites (tertiary alicyclic amines) is 1. The van der Waals surface area contributed by atoms with E-state index in [4.69, 9.17) is 0 Å². The number of hydrogen-bond acceptors (Lipinski definition) is 4. The van der Waals surface area contributed by atoms with Crippen molar-refractivity contribution in [1.29, 1.82) is 0 Å². The highest BCUT2D eigenvalue weighted by Gasteiger charge is 2.25. The maximum Gasteiger partial charge on any atom is 0.150 e. The number of phenols is 1. The van der Waals surface area contributed by atoms with Crippen LogP contribution in [0.2, 0.25) is 0 Å². The van der Waals surface area contributed by atoms with Crippen molar-refractivity contribution in [2.45, 2.75) is 110 Å². The topological polar surface area (TPSA) is 57.6 Å². The molecule has 1 saturated heterocycles. The van der Waals surface area contributed by atoms with E-state index in [9.17, 15) is 17.9 Å². The molecule has 0 aromatic heterocycles. The summed E-state index contributed by atoms with van der Waals surface area (Å²) in [6, 6.07) is 13.3. The minimum absolute atomic E-state index is 0.0556. The van der Waals surface area contributed by atoms with Crippen molar-refractivity contribution < 1.29 is 17.9 Å². The lowest BCUT2D eigenvalue weighted by molar-refractivity contribution is 0.236. The Morgan fingerprint density at radius 3 is 2.55 bits per heavy atom. The molecule has 0 radical (unpaired) electrons. The van der Waals surface area contributed by atoms with E-state index in [0.717, 1.165) is 76.4 Å². The molecule has 0 spiro atoms. The van der Waals surface area contributed by atoms with Gasteiger partial charge >= 0.3 is 0 Å². The first kappa shape index (κ1) is 32.7. The SMILES string of the molecule is CC(C)(C)CCS(=O)(=O)CCC[C@@H]1CCCN1CCCCCCC1=C(c2cccc(F)c2)CCCc2cc(O)ccc21. The van der Waals surface area contributed by atoms with Crippen LogP contribution in [-0.2, 0) is 16.3 Å². The van der Waals surface area contributed by atoms with Crippen molar-refractivity contribution in [2.75, 3.05) is 24.6 Å². The van der Waals surface area contributed by atoms with Crippen molar-refractivity contribution in [3.8, 4) is 5.75 Å². The molecule has 0 unspecified atom stereocenters. The third kappa shape index (κ3) is 9.94. The summed E-state index contributed by atoms with van der Waals surface area (Å²) in [4.78, 5) is 2.60. The lowest BCUT2D eigenvalue weighted by Crippen LogP contribution is -2.31. The van der Waals surface area contributed by atoms with E-state index in [-0.39, 0.29) is 11.2 Å². The van der Waals surface area contributed by atoms with Gasteiger partial charge in [0, 0.05) is 6.04 Å². The highest BCUT2D eigenvalue weighted by molar-refractivity contribution is 7.91. The van der Waals surface area contributed by atoms with Gasteiger partial charge in [0.1, 0.15) is 21.4 Å². The summed E-state index contributed by atoms with van der Waals surface area (Å²) in [5.41, 5.74) is 6.00. The van der Waals surface area contributed by atoms with Gasteiger partial charge in [-0.05, 0) is 141 Å². The van der Waals surface area contributed by atoms with Gasteiger partial charge in [0.2, 0.25) is 0 Å². The highest BCUT2D eigenvalue weighted by atomic mass is 32.2. The second-order valence-electron chi connectivity index (χ2n) is 13.8. The summed E-state index contributed by atoms with van der Waals surface area (Å²) in [6.07, 6.45) is 13.3.